The maximum absolute atomic E-state index is 9.35. The molecule has 168 valence electrons. The van der Waals surface area contributed by atoms with Gasteiger partial charge in [0.25, 0.3) is 0 Å². The second-order valence-electron chi connectivity index (χ2n) is 9.70. The zero-order valence-electron chi connectivity index (χ0n) is 18.5. The summed E-state index contributed by atoms with van der Waals surface area (Å²) in [4.78, 5) is 5.19. The second kappa shape index (κ2) is 9.74. The molecule has 3 aliphatic rings. The minimum atomic E-state index is 0.0809. The summed E-state index contributed by atoms with van der Waals surface area (Å²) in [6.45, 7) is 1.65. The van der Waals surface area contributed by atoms with E-state index >= 15 is 0 Å². The Morgan fingerprint density at radius 1 is 0.875 bits per heavy atom. The summed E-state index contributed by atoms with van der Waals surface area (Å²) in [5.74, 6) is 0.676. The summed E-state index contributed by atoms with van der Waals surface area (Å²) < 4.78 is 0. The van der Waals surface area contributed by atoms with Gasteiger partial charge in [0, 0.05) is 28.2 Å². The largest absolute Gasteiger partial charge is 0.287 e. The fraction of sp³-hybridized carbons (Fsp3) is 0.519. The Morgan fingerprint density at radius 3 is 2.03 bits per heavy atom. The number of piperidine rings is 2. The number of hydrogen-bond donors (Lipinski definition) is 0. The van der Waals surface area contributed by atoms with Gasteiger partial charge in [0.2, 0.25) is 0 Å². The van der Waals surface area contributed by atoms with Crippen LogP contribution in [0, 0.1) is 17.2 Å². The van der Waals surface area contributed by atoms with Crippen LogP contribution in [0.15, 0.2) is 48.5 Å². The normalized spacial score (nSPS) is 28.7. The van der Waals surface area contributed by atoms with Crippen LogP contribution in [-0.4, -0.2) is 41.0 Å². The molecule has 3 aliphatic heterocycles. The maximum Gasteiger partial charge on any atom is 0.0868 e. The van der Waals surface area contributed by atoms with Crippen LogP contribution in [0.25, 0.3) is 0 Å². The highest BCUT2D eigenvalue weighted by atomic mass is 35.5. The molecule has 5 rings (SSSR count). The first-order valence-corrected chi connectivity index (χ1v) is 12.8. The highest BCUT2D eigenvalue weighted by molar-refractivity contribution is 6.32. The van der Waals surface area contributed by atoms with Crippen molar-refractivity contribution in [3.8, 4) is 6.07 Å². The van der Waals surface area contributed by atoms with Gasteiger partial charge in [-0.2, -0.15) is 5.26 Å². The van der Waals surface area contributed by atoms with Crippen molar-refractivity contribution in [3.63, 3.8) is 0 Å². The fourth-order valence-electron chi connectivity index (χ4n) is 6.71. The number of rotatable bonds is 5. The Kier molecular flexibility index (Phi) is 6.76. The lowest BCUT2D eigenvalue weighted by atomic mass is 9.79. The average Bonchev–Trinajstić information content (AvgIpc) is 3.05. The summed E-state index contributed by atoms with van der Waals surface area (Å²) in [7, 11) is 0. The van der Waals surface area contributed by atoms with E-state index in [0.29, 0.717) is 30.6 Å². The fourth-order valence-corrected chi connectivity index (χ4v) is 7.19. The van der Waals surface area contributed by atoms with Gasteiger partial charge in [-0.3, -0.25) is 9.80 Å². The first-order chi connectivity index (χ1) is 15.7. The minimum Gasteiger partial charge on any atom is -0.287 e. The monoisotopic (exact) mass is 467 g/mol. The van der Waals surface area contributed by atoms with Crippen molar-refractivity contribution in [2.45, 2.75) is 69.1 Å². The molecule has 2 aromatic carbocycles. The van der Waals surface area contributed by atoms with Gasteiger partial charge in [-0.1, -0.05) is 66.0 Å². The third kappa shape index (κ3) is 4.19. The number of fused-ring (bicyclic) bond motifs is 2. The van der Waals surface area contributed by atoms with E-state index in [0.717, 1.165) is 27.7 Å². The predicted octanol–water partition coefficient (Wildman–Crippen LogP) is 6.70. The Balaban J connectivity index is 1.47. The Labute approximate surface area is 201 Å². The van der Waals surface area contributed by atoms with Crippen molar-refractivity contribution < 1.29 is 0 Å². The summed E-state index contributed by atoms with van der Waals surface area (Å²) in [6.07, 6.45) is 8.64. The molecule has 0 aromatic heterocycles. The van der Waals surface area contributed by atoms with Gasteiger partial charge in [0.15, 0.2) is 0 Å². The van der Waals surface area contributed by atoms with Crippen molar-refractivity contribution in [2.24, 2.45) is 5.92 Å². The van der Waals surface area contributed by atoms with Crippen LogP contribution in [0.2, 0.25) is 10.0 Å². The van der Waals surface area contributed by atoms with Crippen molar-refractivity contribution in [1.82, 2.24) is 9.80 Å². The third-order valence-corrected chi connectivity index (χ3v) is 8.69. The zero-order chi connectivity index (χ0) is 22.1. The number of nitrogens with zero attached hydrogens (tertiary/aromatic N) is 3. The quantitative estimate of drug-likeness (QED) is 0.457. The standard InChI is InChI=1S/C27H31Cl2N3/c28-24-9-3-1-7-22(24)27(23-8-2-4-10-25(23)29)32-20-12-13-21(32)18-19(17-20)26-11-5-6-15-31(26)16-14-30/h1-4,7-10,19-21,26-27H,5-6,11-13,15-18H2/t19?,20-,21+,26?. The van der Waals surface area contributed by atoms with E-state index in [-0.39, 0.29) is 6.04 Å². The summed E-state index contributed by atoms with van der Waals surface area (Å²) in [5, 5.41) is 11.0. The molecular formula is C27H31Cl2N3. The van der Waals surface area contributed by atoms with Gasteiger partial charge >= 0.3 is 0 Å². The molecule has 3 nitrogen and oxygen atoms in total. The van der Waals surface area contributed by atoms with E-state index in [2.05, 4.69) is 40.1 Å². The molecule has 0 saturated carbocycles. The van der Waals surface area contributed by atoms with Crippen LogP contribution in [0.4, 0.5) is 0 Å². The Morgan fingerprint density at radius 2 is 1.47 bits per heavy atom. The molecule has 32 heavy (non-hydrogen) atoms. The molecule has 3 saturated heterocycles. The second-order valence-corrected chi connectivity index (χ2v) is 10.5. The number of nitriles is 1. The van der Waals surface area contributed by atoms with Gasteiger partial charge in [0.05, 0.1) is 18.7 Å². The summed E-state index contributed by atoms with van der Waals surface area (Å²) in [6, 6.07) is 20.6. The molecule has 5 heteroatoms. The van der Waals surface area contributed by atoms with E-state index in [4.69, 9.17) is 23.2 Å². The average molecular weight is 468 g/mol. The number of likely N-dealkylation sites (tertiary alicyclic amines) is 1. The maximum atomic E-state index is 9.35. The third-order valence-electron chi connectivity index (χ3n) is 8.01. The molecule has 0 aliphatic carbocycles. The minimum absolute atomic E-state index is 0.0809. The van der Waals surface area contributed by atoms with Gasteiger partial charge in [-0.25, -0.2) is 0 Å². The summed E-state index contributed by atoms with van der Waals surface area (Å²) in [5.41, 5.74) is 2.31. The predicted molar refractivity (Wildman–Crippen MR) is 131 cm³/mol. The molecule has 3 fully saturated rings. The molecule has 3 heterocycles. The van der Waals surface area contributed by atoms with Crippen molar-refractivity contribution in [3.05, 3.63) is 69.7 Å². The van der Waals surface area contributed by atoms with E-state index < -0.39 is 0 Å². The molecule has 2 aromatic rings. The number of hydrogen-bond acceptors (Lipinski definition) is 3. The number of halogens is 2. The van der Waals surface area contributed by atoms with E-state index in [9.17, 15) is 5.26 Å². The van der Waals surface area contributed by atoms with Crippen LogP contribution in [0.1, 0.15) is 62.1 Å². The van der Waals surface area contributed by atoms with Gasteiger partial charge in [-0.15, -0.1) is 0 Å². The molecule has 0 N–H and O–H groups in total. The molecule has 2 unspecified atom stereocenters. The summed E-state index contributed by atoms with van der Waals surface area (Å²) >= 11 is 13.5. The first kappa shape index (κ1) is 22.2. The Hall–Kier alpha value is -1.57. The molecule has 0 spiro atoms. The Bertz CT molecular complexity index is 927. The number of benzene rings is 2. The van der Waals surface area contributed by atoms with Crippen LogP contribution < -0.4 is 0 Å². The van der Waals surface area contributed by atoms with Crippen LogP contribution in [0.3, 0.4) is 0 Å². The lowest BCUT2D eigenvalue weighted by molar-refractivity contribution is 0.0215. The zero-order valence-corrected chi connectivity index (χ0v) is 20.0. The lowest BCUT2D eigenvalue weighted by Gasteiger charge is -2.48. The van der Waals surface area contributed by atoms with Gasteiger partial charge < -0.3 is 0 Å². The van der Waals surface area contributed by atoms with Gasteiger partial charge in [-0.05, 0) is 74.2 Å². The highest BCUT2D eigenvalue weighted by Crippen LogP contribution is 2.49. The molecule has 0 amide bonds. The van der Waals surface area contributed by atoms with Crippen molar-refractivity contribution in [1.29, 1.82) is 5.26 Å². The highest BCUT2D eigenvalue weighted by Gasteiger charge is 2.47. The molecular weight excluding hydrogens is 437 g/mol. The van der Waals surface area contributed by atoms with Crippen molar-refractivity contribution >= 4 is 23.2 Å². The molecule has 2 bridgehead atoms. The van der Waals surface area contributed by atoms with Crippen LogP contribution >= 0.6 is 23.2 Å². The lowest BCUT2D eigenvalue weighted by Crippen LogP contribution is -2.52. The molecule has 0 radical (unpaired) electrons. The topological polar surface area (TPSA) is 30.3 Å². The van der Waals surface area contributed by atoms with Crippen LogP contribution in [-0.2, 0) is 0 Å². The van der Waals surface area contributed by atoms with E-state index in [1.165, 1.54) is 44.9 Å². The SMILES string of the molecule is N#CCN1CCCCC1C1C[C@H]2CC[C@@H](C1)N2C(c1ccccc1Cl)c1ccccc1Cl. The first-order valence-electron chi connectivity index (χ1n) is 12.0. The molecule has 4 atom stereocenters. The van der Waals surface area contributed by atoms with E-state index in [1.54, 1.807) is 0 Å². The smallest absolute Gasteiger partial charge is 0.0868 e. The van der Waals surface area contributed by atoms with Crippen molar-refractivity contribution in [2.75, 3.05) is 13.1 Å². The van der Waals surface area contributed by atoms with Gasteiger partial charge in [0.1, 0.15) is 0 Å². The van der Waals surface area contributed by atoms with E-state index in [1.807, 2.05) is 24.3 Å². The van der Waals surface area contributed by atoms with Crippen LogP contribution in [0.5, 0.6) is 0 Å².